The fourth-order valence-corrected chi connectivity index (χ4v) is 8.67. The second kappa shape index (κ2) is 7.65. The van der Waals surface area contributed by atoms with Gasteiger partial charge in [-0.3, -0.25) is 0 Å². The van der Waals surface area contributed by atoms with Crippen molar-refractivity contribution >= 4 is 5.57 Å². The Hall–Kier alpha value is -3.20. The Balaban J connectivity index is 1.38. The van der Waals surface area contributed by atoms with Crippen LogP contribution in [0.1, 0.15) is 29.5 Å². The Bertz CT molecular complexity index is 1220. The minimum atomic E-state index is 0.00796. The molecule has 178 valence electrons. The predicted octanol–water partition coefficient (Wildman–Crippen LogP) is 6.61. The van der Waals surface area contributed by atoms with Gasteiger partial charge in [0, 0.05) is 5.41 Å². The number of fused-ring (bicyclic) bond motifs is 2. The number of ether oxygens (including phenoxy) is 3. The van der Waals surface area contributed by atoms with Gasteiger partial charge in [-0.05, 0) is 107 Å². The van der Waals surface area contributed by atoms with Gasteiger partial charge >= 0.3 is 0 Å². The third-order valence-electron chi connectivity index (χ3n) is 9.88. The molecule has 0 spiro atoms. The second-order valence-corrected chi connectivity index (χ2v) is 10.8. The Labute approximate surface area is 207 Å². The zero-order valence-electron chi connectivity index (χ0n) is 20.6. The number of rotatable bonds is 6. The van der Waals surface area contributed by atoms with Crippen LogP contribution in [0.5, 0.6) is 17.2 Å². The number of methoxy groups -OCH3 is 3. The highest BCUT2D eigenvalue weighted by Crippen LogP contribution is 2.77. The van der Waals surface area contributed by atoms with Gasteiger partial charge in [0.1, 0.15) is 17.2 Å². The first-order chi connectivity index (χ1) is 17.2. The summed E-state index contributed by atoms with van der Waals surface area (Å²) in [5.74, 6) is 6.99. The van der Waals surface area contributed by atoms with Crippen LogP contribution in [0.3, 0.4) is 0 Å². The number of hydrogen-bond acceptors (Lipinski definition) is 3. The molecule has 4 aliphatic rings. The topological polar surface area (TPSA) is 27.7 Å². The summed E-state index contributed by atoms with van der Waals surface area (Å²) in [6.07, 6.45) is 5.26. The largest absolute Gasteiger partial charge is 0.497 e. The van der Waals surface area contributed by atoms with E-state index in [4.69, 9.17) is 14.2 Å². The zero-order valence-corrected chi connectivity index (χ0v) is 20.6. The maximum atomic E-state index is 5.52. The lowest BCUT2D eigenvalue weighted by Gasteiger charge is -2.41. The third kappa shape index (κ3) is 2.78. The summed E-state index contributed by atoms with van der Waals surface area (Å²) in [4.78, 5) is 0. The molecular weight excluding hydrogens is 432 g/mol. The molecule has 0 aliphatic heterocycles. The quantitative estimate of drug-likeness (QED) is 0.411. The lowest BCUT2D eigenvalue weighted by Crippen LogP contribution is -2.37. The molecule has 35 heavy (non-hydrogen) atoms. The van der Waals surface area contributed by atoms with Crippen LogP contribution in [0, 0.1) is 35.5 Å². The van der Waals surface area contributed by atoms with Gasteiger partial charge < -0.3 is 14.2 Å². The SMILES string of the molecule is COc1ccc(C2=CC3C4CC(c5ccc(OC)cc5)(c5ccc(OC)cc5)C5C4CC3C25)cc1. The predicted molar refractivity (Wildman–Crippen MR) is 138 cm³/mol. The summed E-state index contributed by atoms with van der Waals surface area (Å²) < 4.78 is 16.5. The smallest absolute Gasteiger partial charge is 0.118 e. The first kappa shape index (κ1) is 21.1. The molecule has 2 bridgehead atoms. The second-order valence-electron chi connectivity index (χ2n) is 10.8. The van der Waals surface area contributed by atoms with Gasteiger partial charge in [0.25, 0.3) is 0 Å². The van der Waals surface area contributed by atoms with E-state index in [2.05, 4.69) is 78.9 Å². The standard InChI is InChI=1S/C32H32O3/c1-33-22-10-4-19(5-11-22)25-16-26-27-17-28-29(26)18-32(31(28)30(25)27,20-6-12-23(34-2)13-7-20)21-8-14-24(35-3)15-9-21/h4-16,26-31H,17-18H2,1-3H3. The monoisotopic (exact) mass is 464 g/mol. The van der Waals surface area contributed by atoms with E-state index in [1.807, 2.05) is 0 Å². The van der Waals surface area contributed by atoms with Gasteiger partial charge in [-0.25, -0.2) is 0 Å². The lowest BCUT2D eigenvalue weighted by atomic mass is 9.62. The maximum absolute atomic E-state index is 5.52. The summed E-state index contributed by atoms with van der Waals surface area (Å²) >= 11 is 0. The van der Waals surface area contributed by atoms with Crippen LogP contribution in [0.4, 0.5) is 0 Å². The molecule has 3 nitrogen and oxygen atoms in total. The van der Waals surface area contributed by atoms with Crippen LogP contribution in [0.2, 0.25) is 0 Å². The van der Waals surface area contributed by atoms with Gasteiger partial charge in [-0.15, -0.1) is 0 Å². The van der Waals surface area contributed by atoms with Crippen molar-refractivity contribution in [2.45, 2.75) is 18.3 Å². The van der Waals surface area contributed by atoms with E-state index in [9.17, 15) is 0 Å². The molecule has 0 N–H and O–H groups in total. The Kier molecular flexibility index (Phi) is 4.61. The van der Waals surface area contributed by atoms with E-state index in [-0.39, 0.29) is 5.41 Å². The minimum absolute atomic E-state index is 0.00796. The molecule has 3 aromatic carbocycles. The fourth-order valence-electron chi connectivity index (χ4n) is 8.67. The number of allylic oxidation sites excluding steroid dienone is 2. The number of benzene rings is 3. The molecule has 0 aromatic heterocycles. The summed E-state index contributed by atoms with van der Waals surface area (Å²) in [6, 6.07) is 26.6. The lowest BCUT2D eigenvalue weighted by molar-refractivity contribution is 0.223. The third-order valence-corrected chi connectivity index (χ3v) is 9.88. The van der Waals surface area contributed by atoms with E-state index in [0.29, 0.717) is 17.8 Å². The Morgan fingerprint density at radius 2 is 1.14 bits per heavy atom. The summed E-state index contributed by atoms with van der Waals surface area (Å²) in [6.45, 7) is 0. The first-order valence-electron chi connectivity index (χ1n) is 12.8. The van der Waals surface area contributed by atoms with Crippen molar-refractivity contribution in [3.8, 4) is 17.2 Å². The van der Waals surface area contributed by atoms with Crippen LogP contribution in [0.15, 0.2) is 78.9 Å². The van der Waals surface area contributed by atoms with Crippen molar-refractivity contribution in [2.75, 3.05) is 21.3 Å². The van der Waals surface area contributed by atoms with Crippen LogP contribution >= 0.6 is 0 Å². The highest BCUT2D eigenvalue weighted by atomic mass is 16.5. The molecule has 3 aromatic rings. The molecule has 0 amide bonds. The number of hydrogen-bond donors (Lipinski definition) is 0. The molecule has 0 heterocycles. The van der Waals surface area contributed by atoms with E-state index < -0.39 is 0 Å². The van der Waals surface area contributed by atoms with Crippen LogP contribution in [-0.4, -0.2) is 21.3 Å². The van der Waals surface area contributed by atoms with Gasteiger partial charge in [0.15, 0.2) is 0 Å². The van der Waals surface area contributed by atoms with Gasteiger partial charge in [0.2, 0.25) is 0 Å². The highest BCUT2D eigenvalue weighted by Gasteiger charge is 2.71. The molecular formula is C32H32O3. The highest BCUT2D eigenvalue weighted by molar-refractivity contribution is 5.74. The molecule has 0 radical (unpaired) electrons. The average Bonchev–Trinajstić information content (AvgIpc) is 3.60. The molecule has 6 atom stereocenters. The minimum Gasteiger partial charge on any atom is -0.497 e. The van der Waals surface area contributed by atoms with Gasteiger partial charge in [-0.2, -0.15) is 0 Å². The zero-order chi connectivity index (χ0) is 23.7. The molecule has 3 fully saturated rings. The van der Waals surface area contributed by atoms with Crippen molar-refractivity contribution < 1.29 is 14.2 Å². The molecule has 3 heteroatoms. The Morgan fingerprint density at radius 1 is 0.629 bits per heavy atom. The first-order valence-corrected chi connectivity index (χ1v) is 12.8. The normalized spacial score (nSPS) is 30.9. The molecule has 6 unspecified atom stereocenters. The fraction of sp³-hybridized carbons (Fsp3) is 0.375. The van der Waals surface area contributed by atoms with Crippen LogP contribution in [0.25, 0.3) is 5.57 Å². The molecule has 7 rings (SSSR count). The molecule has 4 aliphatic carbocycles. The summed E-state index contributed by atoms with van der Waals surface area (Å²) in [5.41, 5.74) is 5.82. The van der Waals surface area contributed by atoms with E-state index >= 15 is 0 Å². The van der Waals surface area contributed by atoms with E-state index in [0.717, 1.165) is 35.0 Å². The van der Waals surface area contributed by atoms with Crippen molar-refractivity contribution in [1.29, 1.82) is 0 Å². The molecule has 0 saturated heterocycles. The van der Waals surface area contributed by atoms with Gasteiger partial charge in [-0.1, -0.05) is 42.5 Å². The van der Waals surface area contributed by atoms with Crippen LogP contribution in [-0.2, 0) is 5.41 Å². The Morgan fingerprint density at radius 3 is 1.66 bits per heavy atom. The van der Waals surface area contributed by atoms with Crippen molar-refractivity contribution in [1.82, 2.24) is 0 Å². The maximum Gasteiger partial charge on any atom is 0.118 e. The van der Waals surface area contributed by atoms with Crippen LogP contribution < -0.4 is 14.2 Å². The summed E-state index contributed by atoms with van der Waals surface area (Å²) in [7, 11) is 5.23. The van der Waals surface area contributed by atoms with Crippen molar-refractivity contribution in [3.63, 3.8) is 0 Å². The van der Waals surface area contributed by atoms with Crippen molar-refractivity contribution in [2.24, 2.45) is 35.5 Å². The van der Waals surface area contributed by atoms with E-state index in [1.165, 1.54) is 29.5 Å². The van der Waals surface area contributed by atoms with Crippen molar-refractivity contribution in [3.05, 3.63) is 95.6 Å². The molecule has 3 saturated carbocycles. The summed E-state index contributed by atoms with van der Waals surface area (Å²) in [5, 5.41) is 0. The van der Waals surface area contributed by atoms with E-state index in [1.54, 1.807) is 26.9 Å². The van der Waals surface area contributed by atoms with Gasteiger partial charge in [0.05, 0.1) is 21.3 Å². The average molecular weight is 465 g/mol.